The lowest BCUT2D eigenvalue weighted by atomic mass is 10.3. The van der Waals surface area contributed by atoms with E-state index in [4.69, 9.17) is 0 Å². The highest BCUT2D eigenvalue weighted by Gasteiger charge is 2.33. The molecule has 1 rings (SSSR count). The molecule has 66 valence electrons. The van der Waals surface area contributed by atoms with Crippen LogP contribution in [-0.4, -0.2) is 22.9 Å². The van der Waals surface area contributed by atoms with Crippen LogP contribution >= 0.6 is 15.9 Å². The van der Waals surface area contributed by atoms with E-state index in [0.29, 0.717) is 6.04 Å². The van der Waals surface area contributed by atoms with Gasteiger partial charge in [-0.15, -0.1) is 0 Å². The molecule has 3 heteroatoms. The monoisotopic (exact) mass is 229 g/mol. The van der Waals surface area contributed by atoms with Crippen molar-refractivity contribution in [3.8, 4) is 10.8 Å². The first-order valence-corrected chi connectivity index (χ1v) is 4.90. The third-order valence-electron chi connectivity index (χ3n) is 1.89. The van der Waals surface area contributed by atoms with Gasteiger partial charge in [0, 0.05) is 33.9 Å². The molecule has 1 aliphatic carbocycles. The predicted octanol–water partition coefficient (Wildman–Crippen LogP) is 1.74. The van der Waals surface area contributed by atoms with Crippen molar-refractivity contribution < 1.29 is 4.79 Å². The summed E-state index contributed by atoms with van der Waals surface area (Å²) in [4.78, 5) is 15.7. The molecule has 1 amide bonds. The fourth-order valence-electron chi connectivity index (χ4n) is 1.28. The minimum absolute atomic E-state index is 0.0654. The third kappa shape index (κ3) is 2.25. The van der Waals surface area contributed by atoms with E-state index in [0.717, 1.165) is 12.8 Å². The number of hydrogen-bond acceptors (Lipinski definition) is 1. The van der Waals surface area contributed by atoms with Crippen molar-refractivity contribution in [1.29, 1.82) is 0 Å². The van der Waals surface area contributed by atoms with E-state index in [-0.39, 0.29) is 11.9 Å². The van der Waals surface area contributed by atoms with E-state index in [1.807, 2.05) is 18.7 Å². The maximum atomic E-state index is 11.4. The Morgan fingerprint density at radius 1 is 1.58 bits per heavy atom. The Balaban J connectivity index is 2.62. The van der Waals surface area contributed by atoms with Crippen LogP contribution in [0.4, 0.5) is 0 Å². The molecule has 0 bridgehead atoms. The summed E-state index contributed by atoms with van der Waals surface area (Å²) in [7, 11) is 0. The van der Waals surface area contributed by atoms with E-state index in [1.165, 1.54) is 0 Å². The summed E-state index contributed by atoms with van der Waals surface area (Å²) >= 11 is 2.93. The number of nitrogens with zero attached hydrogens (tertiary/aromatic N) is 1. The maximum absolute atomic E-state index is 11.4. The van der Waals surface area contributed by atoms with Gasteiger partial charge in [-0.25, -0.2) is 0 Å². The highest BCUT2D eigenvalue weighted by molar-refractivity contribution is 9.12. The Morgan fingerprint density at radius 2 is 2.17 bits per heavy atom. The molecule has 0 radical (unpaired) electrons. The molecule has 0 heterocycles. The third-order valence-corrected chi connectivity index (χ3v) is 2.08. The van der Waals surface area contributed by atoms with Crippen molar-refractivity contribution in [2.24, 2.45) is 0 Å². The van der Waals surface area contributed by atoms with Crippen LogP contribution in [0.5, 0.6) is 0 Å². The van der Waals surface area contributed by atoms with E-state index in [1.54, 1.807) is 0 Å². The molecule has 0 aromatic carbocycles. The highest BCUT2D eigenvalue weighted by atomic mass is 79.9. The zero-order valence-corrected chi connectivity index (χ0v) is 8.89. The van der Waals surface area contributed by atoms with Gasteiger partial charge in [0.15, 0.2) is 0 Å². The van der Waals surface area contributed by atoms with E-state index < -0.39 is 0 Å². The second-order valence-electron chi connectivity index (χ2n) is 3.26. The molecule has 0 unspecified atom stereocenters. The van der Waals surface area contributed by atoms with Crippen molar-refractivity contribution in [2.75, 3.05) is 0 Å². The van der Waals surface area contributed by atoms with Crippen LogP contribution in [-0.2, 0) is 4.79 Å². The Bertz CT molecular complexity index is 233. The van der Waals surface area contributed by atoms with Gasteiger partial charge in [0.05, 0.1) is 0 Å². The van der Waals surface area contributed by atoms with Crippen molar-refractivity contribution in [3.05, 3.63) is 0 Å². The van der Waals surface area contributed by atoms with Crippen LogP contribution < -0.4 is 0 Å². The Hall–Kier alpha value is -0.490. The van der Waals surface area contributed by atoms with E-state index in [9.17, 15) is 4.79 Å². The van der Waals surface area contributed by atoms with E-state index >= 15 is 0 Å². The van der Waals surface area contributed by atoms with Gasteiger partial charge >= 0.3 is 0 Å². The topological polar surface area (TPSA) is 20.3 Å². The second kappa shape index (κ2) is 3.95. The zero-order chi connectivity index (χ0) is 9.14. The van der Waals surface area contributed by atoms with Crippen LogP contribution in [0.2, 0.25) is 0 Å². The Kier molecular flexibility index (Phi) is 3.16. The normalized spacial score (nSPS) is 15.3. The number of carbonyl (C=O) groups excluding carboxylic acids is 1. The molecule has 0 saturated heterocycles. The van der Waals surface area contributed by atoms with Gasteiger partial charge in [-0.05, 0) is 31.5 Å². The first-order valence-electron chi connectivity index (χ1n) is 4.10. The summed E-state index contributed by atoms with van der Waals surface area (Å²) in [5, 5.41) is 0. The maximum Gasteiger partial charge on any atom is 0.299 e. The first-order chi connectivity index (χ1) is 5.66. The molecule has 0 aromatic heterocycles. The Labute approximate surface area is 81.4 Å². The van der Waals surface area contributed by atoms with Crippen LogP contribution in [0.15, 0.2) is 0 Å². The number of hydrogen-bond donors (Lipinski definition) is 0. The SMILES string of the molecule is CC(C)N(C(=O)C#CBr)C1CC1. The van der Waals surface area contributed by atoms with Crippen LogP contribution in [0.1, 0.15) is 26.7 Å². The van der Waals surface area contributed by atoms with Gasteiger partial charge in [0.1, 0.15) is 0 Å². The Morgan fingerprint density at radius 3 is 2.50 bits per heavy atom. The summed E-state index contributed by atoms with van der Waals surface area (Å²) in [6.45, 7) is 4.04. The molecular weight excluding hydrogens is 218 g/mol. The molecule has 1 aliphatic rings. The molecule has 0 aliphatic heterocycles. The molecule has 12 heavy (non-hydrogen) atoms. The van der Waals surface area contributed by atoms with Crippen molar-refractivity contribution in [1.82, 2.24) is 4.90 Å². The summed E-state index contributed by atoms with van der Waals surface area (Å²) in [5.41, 5.74) is 0. The van der Waals surface area contributed by atoms with Crippen molar-refractivity contribution in [3.63, 3.8) is 0 Å². The van der Waals surface area contributed by atoms with Gasteiger partial charge in [-0.3, -0.25) is 4.79 Å². The lowest BCUT2D eigenvalue weighted by Gasteiger charge is -2.23. The smallest absolute Gasteiger partial charge is 0.299 e. The zero-order valence-electron chi connectivity index (χ0n) is 7.30. The number of carbonyl (C=O) groups is 1. The minimum atomic E-state index is -0.0654. The van der Waals surface area contributed by atoms with Crippen LogP contribution in [0.25, 0.3) is 0 Å². The highest BCUT2D eigenvalue weighted by Crippen LogP contribution is 2.28. The molecule has 0 aromatic rings. The average molecular weight is 230 g/mol. The van der Waals surface area contributed by atoms with E-state index in [2.05, 4.69) is 26.7 Å². The summed E-state index contributed by atoms with van der Waals surface area (Å²) in [6, 6.07) is 0.712. The molecule has 1 fully saturated rings. The quantitative estimate of drug-likeness (QED) is 0.661. The van der Waals surface area contributed by atoms with Gasteiger partial charge in [-0.2, -0.15) is 0 Å². The van der Waals surface area contributed by atoms with Crippen molar-refractivity contribution in [2.45, 2.75) is 38.8 Å². The molecule has 0 spiro atoms. The largest absolute Gasteiger partial charge is 0.326 e. The molecular formula is C9H12BrNO. The van der Waals surface area contributed by atoms with Gasteiger partial charge in [0.25, 0.3) is 5.91 Å². The van der Waals surface area contributed by atoms with Gasteiger partial charge in [-0.1, -0.05) is 0 Å². The fourth-order valence-corrected chi connectivity index (χ4v) is 1.45. The van der Waals surface area contributed by atoms with Crippen molar-refractivity contribution >= 4 is 21.8 Å². The molecule has 1 saturated carbocycles. The minimum Gasteiger partial charge on any atom is -0.326 e. The lowest BCUT2D eigenvalue weighted by molar-refractivity contribution is -0.127. The summed E-state index contributed by atoms with van der Waals surface area (Å²) in [5.74, 6) is 2.44. The van der Waals surface area contributed by atoms with Gasteiger partial charge < -0.3 is 4.90 Å². The predicted molar refractivity (Wildman–Crippen MR) is 51.7 cm³/mol. The van der Waals surface area contributed by atoms with Crippen LogP contribution in [0, 0.1) is 10.8 Å². The summed E-state index contributed by atoms with van der Waals surface area (Å²) in [6.07, 6.45) is 2.27. The first kappa shape index (κ1) is 9.60. The molecule has 0 atom stereocenters. The average Bonchev–Trinajstić information content (AvgIpc) is 2.71. The lowest BCUT2D eigenvalue weighted by Crippen LogP contribution is -2.37. The standard InChI is InChI=1S/C9H12BrNO/c1-7(2)11(8-3-4-8)9(12)5-6-10/h7-8H,3-4H2,1-2H3. The second-order valence-corrected chi connectivity index (χ2v) is 3.65. The number of halogens is 1. The summed E-state index contributed by atoms with van der Waals surface area (Å²) < 4.78 is 0. The number of rotatable bonds is 2. The molecule has 2 nitrogen and oxygen atoms in total. The van der Waals surface area contributed by atoms with Gasteiger partial charge in [0.2, 0.25) is 0 Å². The fraction of sp³-hybridized carbons (Fsp3) is 0.667. The molecule has 0 N–H and O–H groups in total. The van der Waals surface area contributed by atoms with Crippen LogP contribution in [0.3, 0.4) is 0 Å². The number of amides is 1.